The Morgan fingerprint density at radius 1 is 0.657 bits per heavy atom. The third-order valence-electron chi connectivity index (χ3n) is 2.86. The summed E-state index contributed by atoms with van der Waals surface area (Å²) in [4.78, 5) is 29.2. The number of aliphatic carboxylic acids is 3. The van der Waals surface area contributed by atoms with Crippen molar-refractivity contribution >= 4 is 17.9 Å². The summed E-state index contributed by atoms with van der Waals surface area (Å²) in [6.07, 6.45) is 0. The summed E-state index contributed by atoms with van der Waals surface area (Å²) in [7, 11) is 0. The SMILES string of the molecule is CC(C)COCC(=O)[O-].CC(C)COCC(=O)[O-].CC(C)COCC(=O)[O-].[CH2-]c1ccccc1.[Ti+4]. The van der Waals surface area contributed by atoms with Gasteiger partial charge in [-0.2, -0.15) is 24.6 Å². The van der Waals surface area contributed by atoms with Crippen molar-refractivity contribution in [2.75, 3.05) is 39.6 Å². The van der Waals surface area contributed by atoms with Crippen LogP contribution in [0, 0.1) is 24.7 Å². The van der Waals surface area contributed by atoms with Gasteiger partial charge in [0.25, 0.3) is 0 Å². The molecule has 1 rings (SSSR count). The maximum Gasteiger partial charge on any atom is 4.00 e. The van der Waals surface area contributed by atoms with Gasteiger partial charge in [-0.15, -0.1) is 12.1 Å². The molecule has 0 fully saturated rings. The molecule has 0 radical (unpaired) electrons. The van der Waals surface area contributed by atoms with Crippen LogP contribution in [0.2, 0.25) is 0 Å². The first-order valence-corrected chi connectivity index (χ1v) is 11.0. The van der Waals surface area contributed by atoms with E-state index < -0.39 is 17.9 Å². The quantitative estimate of drug-likeness (QED) is 0.270. The van der Waals surface area contributed by atoms with Gasteiger partial charge in [-0.3, -0.25) is 0 Å². The molecule has 0 heterocycles. The molecule has 10 heteroatoms. The second-order valence-electron chi connectivity index (χ2n) is 8.33. The zero-order chi connectivity index (χ0) is 26.9. The van der Waals surface area contributed by atoms with Crippen molar-refractivity contribution in [2.24, 2.45) is 17.8 Å². The summed E-state index contributed by atoms with van der Waals surface area (Å²) in [5.41, 5.74) is 1.07. The number of rotatable bonds is 12. The first-order valence-electron chi connectivity index (χ1n) is 11.0. The van der Waals surface area contributed by atoms with Gasteiger partial charge in [-0.1, -0.05) is 47.6 Å². The van der Waals surface area contributed by atoms with Gasteiger partial charge in [0.05, 0.1) is 37.7 Å². The molecule has 0 spiro atoms. The molecule has 1 aromatic carbocycles. The fraction of sp³-hybridized carbons (Fsp3) is 0.600. The van der Waals surface area contributed by atoms with E-state index in [1.54, 1.807) is 0 Å². The van der Waals surface area contributed by atoms with Crippen LogP contribution in [0.25, 0.3) is 0 Å². The number of carboxylic acid groups (broad SMARTS) is 3. The van der Waals surface area contributed by atoms with Crippen molar-refractivity contribution in [2.45, 2.75) is 41.5 Å². The van der Waals surface area contributed by atoms with Crippen molar-refractivity contribution in [3.8, 4) is 0 Å². The molecule has 0 bridgehead atoms. The Bertz CT molecular complexity index is 564. The zero-order valence-electron chi connectivity index (χ0n) is 21.7. The molecule has 35 heavy (non-hydrogen) atoms. The fourth-order valence-corrected chi connectivity index (χ4v) is 1.61. The van der Waals surface area contributed by atoms with Crippen molar-refractivity contribution in [3.05, 3.63) is 42.8 Å². The van der Waals surface area contributed by atoms with Crippen molar-refractivity contribution in [3.63, 3.8) is 0 Å². The Balaban J connectivity index is -0.000000182. The molecule has 0 unspecified atom stereocenters. The molecule has 198 valence electrons. The van der Waals surface area contributed by atoms with Crippen LogP contribution in [-0.2, 0) is 50.3 Å². The Morgan fingerprint density at radius 3 is 1.06 bits per heavy atom. The normalized spacial score (nSPS) is 9.51. The topological polar surface area (TPSA) is 148 Å². The van der Waals surface area contributed by atoms with E-state index in [1.807, 2.05) is 71.9 Å². The largest absolute Gasteiger partial charge is 4.00 e. The molecular weight excluding hydrogens is 492 g/mol. The third-order valence-corrected chi connectivity index (χ3v) is 2.86. The summed E-state index contributed by atoms with van der Waals surface area (Å²) in [5.74, 6) is -2.33. The van der Waals surface area contributed by atoms with E-state index in [0.29, 0.717) is 37.6 Å². The van der Waals surface area contributed by atoms with Crippen LogP contribution in [0.15, 0.2) is 30.3 Å². The molecule has 0 N–H and O–H groups in total. The second kappa shape index (κ2) is 28.3. The van der Waals surface area contributed by atoms with Crippen LogP contribution in [0.4, 0.5) is 0 Å². The summed E-state index contributed by atoms with van der Waals surface area (Å²) >= 11 is 0. The van der Waals surface area contributed by atoms with Gasteiger partial charge in [0.2, 0.25) is 0 Å². The van der Waals surface area contributed by atoms with E-state index in [-0.39, 0.29) is 41.5 Å². The number of ether oxygens (including phenoxy) is 3. The minimum absolute atomic E-state index is 0. The third kappa shape index (κ3) is 50.1. The van der Waals surface area contributed by atoms with Crippen LogP contribution in [-0.4, -0.2) is 57.5 Å². The van der Waals surface area contributed by atoms with E-state index in [2.05, 4.69) is 6.92 Å². The van der Waals surface area contributed by atoms with E-state index in [4.69, 9.17) is 14.2 Å². The summed E-state index contributed by atoms with van der Waals surface area (Å²) in [5, 5.41) is 29.2. The molecule has 0 aliphatic heterocycles. The van der Waals surface area contributed by atoms with E-state index in [1.165, 1.54) is 0 Å². The van der Waals surface area contributed by atoms with Gasteiger partial charge in [0, 0.05) is 19.8 Å². The van der Waals surface area contributed by atoms with Gasteiger partial charge in [-0.25, -0.2) is 0 Å². The number of benzene rings is 1. The van der Waals surface area contributed by atoms with Crippen LogP contribution < -0.4 is 15.3 Å². The number of carbonyl (C=O) groups excluding carboxylic acids is 3. The molecule has 1 aromatic rings. The molecular formula is C25H40O9Ti. The monoisotopic (exact) mass is 532 g/mol. The number of hydrogen-bond donors (Lipinski definition) is 0. The predicted octanol–water partition coefficient (Wildman–Crippen LogP) is 0.0930. The predicted molar refractivity (Wildman–Crippen MR) is 123 cm³/mol. The molecule has 0 aliphatic carbocycles. The van der Waals surface area contributed by atoms with Gasteiger partial charge in [0.15, 0.2) is 0 Å². The first-order chi connectivity index (χ1) is 15.8. The number of hydrogen-bond acceptors (Lipinski definition) is 9. The van der Waals surface area contributed by atoms with Crippen LogP contribution in [0.5, 0.6) is 0 Å². The van der Waals surface area contributed by atoms with Gasteiger partial charge in [0.1, 0.15) is 0 Å². The molecule has 0 saturated heterocycles. The van der Waals surface area contributed by atoms with Crippen molar-refractivity contribution < 1.29 is 65.6 Å². The Kier molecular flexibility index (Phi) is 32.6. The Labute approximate surface area is 225 Å². The van der Waals surface area contributed by atoms with Gasteiger partial charge >= 0.3 is 21.7 Å². The van der Waals surface area contributed by atoms with E-state index >= 15 is 0 Å². The smallest absolute Gasteiger partial charge is 0.548 e. The minimum Gasteiger partial charge on any atom is -0.548 e. The number of carboxylic acids is 3. The molecule has 0 aromatic heterocycles. The van der Waals surface area contributed by atoms with Gasteiger partial charge < -0.3 is 43.9 Å². The van der Waals surface area contributed by atoms with E-state index in [0.717, 1.165) is 5.56 Å². The minimum atomic E-state index is -1.16. The average molecular weight is 532 g/mol. The number of carbonyl (C=O) groups is 3. The maximum absolute atomic E-state index is 9.74. The zero-order valence-corrected chi connectivity index (χ0v) is 23.3. The molecule has 0 saturated carbocycles. The fourth-order valence-electron chi connectivity index (χ4n) is 1.61. The van der Waals surface area contributed by atoms with Crippen molar-refractivity contribution in [1.82, 2.24) is 0 Å². The second-order valence-corrected chi connectivity index (χ2v) is 8.33. The van der Waals surface area contributed by atoms with E-state index in [9.17, 15) is 29.7 Å². The first kappa shape index (κ1) is 40.3. The summed E-state index contributed by atoms with van der Waals surface area (Å²) in [6.45, 7) is 16.0. The molecule has 0 atom stereocenters. The summed E-state index contributed by atoms with van der Waals surface area (Å²) in [6, 6.07) is 9.87. The van der Waals surface area contributed by atoms with Crippen LogP contribution in [0.3, 0.4) is 0 Å². The summed E-state index contributed by atoms with van der Waals surface area (Å²) < 4.78 is 14.1. The standard InChI is InChI=1S/C7H7.3C6H12O3.Ti/c1-7-5-3-2-4-6-7;3*1-5(2)3-9-4-6(7)8;/h2-6H,1H2;3*5H,3-4H2,1-2H3,(H,7,8);/q-1;;;;+4/p-3. The molecule has 9 nitrogen and oxygen atoms in total. The van der Waals surface area contributed by atoms with Crippen LogP contribution >= 0.6 is 0 Å². The average Bonchev–Trinajstić information content (AvgIpc) is 2.68. The Morgan fingerprint density at radius 2 is 0.914 bits per heavy atom. The van der Waals surface area contributed by atoms with Crippen LogP contribution in [0.1, 0.15) is 47.1 Å². The van der Waals surface area contributed by atoms with Crippen molar-refractivity contribution in [1.29, 1.82) is 0 Å². The Hall–Kier alpha value is -1.91. The maximum atomic E-state index is 9.74. The molecule has 0 amide bonds. The van der Waals surface area contributed by atoms with Gasteiger partial charge in [-0.05, 0) is 17.8 Å². The molecule has 0 aliphatic rings.